The molecule has 78 valence electrons. The highest BCUT2D eigenvalue weighted by atomic mass is 79.9. The van der Waals surface area contributed by atoms with Crippen molar-refractivity contribution in [3.63, 3.8) is 0 Å². The Labute approximate surface area is 96.8 Å². The minimum absolute atomic E-state index is 0.0270. The molecular weight excluding hydrogens is 258 g/mol. The Kier molecular flexibility index (Phi) is 3.87. The van der Waals surface area contributed by atoms with Gasteiger partial charge >= 0.3 is 0 Å². The molecule has 0 atom stereocenters. The van der Waals surface area contributed by atoms with Gasteiger partial charge in [0.1, 0.15) is 11.8 Å². The average molecular weight is 268 g/mol. The molecule has 0 aromatic heterocycles. The normalized spacial score (nSPS) is 9.47. The Morgan fingerprint density at radius 1 is 1.60 bits per heavy atom. The van der Waals surface area contributed by atoms with E-state index in [-0.39, 0.29) is 11.1 Å². The highest BCUT2D eigenvalue weighted by molar-refractivity contribution is 9.09. The second-order valence-electron chi connectivity index (χ2n) is 3.04. The number of halogens is 1. The number of ketones is 1. The predicted octanol–water partition coefficient (Wildman–Crippen LogP) is 2.45. The number of rotatable bonds is 3. The molecule has 0 saturated carbocycles. The first-order valence-corrected chi connectivity index (χ1v) is 5.44. The fraction of sp³-hybridized carbons (Fsp3) is 0.273. The monoisotopic (exact) mass is 267 g/mol. The van der Waals surface area contributed by atoms with E-state index >= 15 is 0 Å². The highest BCUT2D eigenvalue weighted by Crippen LogP contribution is 2.23. The Hall–Kier alpha value is -1.34. The highest BCUT2D eigenvalue weighted by Gasteiger charge is 2.12. The molecule has 0 spiro atoms. The molecule has 0 aliphatic carbocycles. The second kappa shape index (κ2) is 4.94. The Morgan fingerprint density at radius 3 is 2.73 bits per heavy atom. The van der Waals surface area contributed by atoms with Gasteiger partial charge < -0.3 is 4.74 Å². The summed E-state index contributed by atoms with van der Waals surface area (Å²) in [6.07, 6.45) is 0. The molecule has 0 saturated heterocycles. The Balaban J connectivity index is 3.33. The van der Waals surface area contributed by atoms with Gasteiger partial charge in [0.15, 0.2) is 5.78 Å². The summed E-state index contributed by atoms with van der Waals surface area (Å²) in [5.74, 6) is 0.419. The van der Waals surface area contributed by atoms with Crippen LogP contribution in [0.3, 0.4) is 0 Å². The van der Waals surface area contributed by atoms with Crippen LogP contribution < -0.4 is 4.74 Å². The summed E-state index contributed by atoms with van der Waals surface area (Å²) in [6, 6.07) is 5.34. The first kappa shape index (κ1) is 11.7. The number of carbonyl (C=O) groups is 1. The largest absolute Gasteiger partial charge is 0.495 e. The van der Waals surface area contributed by atoms with Crippen LogP contribution in [0.5, 0.6) is 5.75 Å². The number of carbonyl (C=O) groups excluding carboxylic acids is 1. The average Bonchev–Trinajstić information content (AvgIpc) is 2.26. The predicted molar refractivity (Wildman–Crippen MR) is 60.6 cm³/mol. The summed E-state index contributed by atoms with van der Waals surface area (Å²) in [5.41, 5.74) is 1.78. The number of hydrogen-bond donors (Lipinski definition) is 0. The van der Waals surface area contributed by atoms with Gasteiger partial charge in [0.2, 0.25) is 0 Å². The molecule has 15 heavy (non-hydrogen) atoms. The number of nitrogens with zero attached hydrogens (tertiary/aromatic N) is 1. The van der Waals surface area contributed by atoms with Crippen molar-refractivity contribution in [2.45, 2.75) is 6.92 Å². The summed E-state index contributed by atoms with van der Waals surface area (Å²) in [4.78, 5) is 11.4. The number of Topliss-reactive ketones (excluding diaryl/α,β-unsaturated/α-hetero) is 1. The van der Waals surface area contributed by atoms with Crippen molar-refractivity contribution in [2.24, 2.45) is 0 Å². The van der Waals surface area contributed by atoms with E-state index in [9.17, 15) is 4.79 Å². The van der Waals surface area contributed by atoms with E-state index in [4.69, 9.17) is 10.00 Å². The van der Waals surface area contributed by atoms with Crippen LogP contribution in [0.1, 0.15) is 21.5 Å². The first-order chi connectivity index (χ1) is 7.13. The lowest BCUT2D eigenvalue weighted by molar-refractivity contribution is 0.102. The van der Waals surface area contributed by atoms with E-state index < -0.39 is 0 Å². The summed E-state index contributed by atoms with van der Waals surface area (Å²) in [7, 11) is 1.48. The fourth-order valence-electron chi connectivity index (χ4n) is 1.30. The van der Waals surface area contributed by atoms with Crippen molar-refractivity contribution in [3.8, 4) is 11.8 Å². The van der Waals surface area contributed by atoms with Gasteiger partial charge in [0.05, 0.1) is 18.0 Å². The second-order valence-corrected chi connectivity index (χ2v) is 3.60. The van der Waals surface area contributed by atoms with Crippen molar-refractivity contribution in [2.75, 3.05) is 12.4 Å². The van der Waals surface area contributed by atoms with Crippen molar-refractivity contribution in [1.29, 1.82) is 5.26 Å². The third kappa shape index (κ3) is 2.37. The zero-order valence-electron chi connectivity index (χ0n) is 8.50. The fourth-order valence-corrected chi connectivity index (χ4v) is 1.62. The van der Waals surface area contributed by atoms with Crippen molar-refractivity contribution < 1.29 is 9.53 Å². The molecule has 0 heterocycles. The van der Waals surface area contributed by atoms with E-state index in [0.717, 1.165) is 5.56 Å². The van der Waals surface area contributed by atoms with Crippen LogP contribution in [0.4, 0.5) is 0 Å². The lowest BCUT2D eigenvalue weighted by Gasteiger charge is -2.07. The number of ether oxygens (including phenoxy) is 1. The van der Waals surface area contributed by atoms with Crippen LogP contribution in [0.25, 0.3) is 0 Å². The molecule has 1 rings (SSSR count). The van der Waals surface area contributed by atoms with Crippen LogP contribution in [-0.4, -0.2) is 18.2 Å². The number of methoxy groups -OCH3 is 1. The molecule has 4 heteroatoms. The van der Waals surface area contributed by atoms with Crippen LogP contribution in [0.2, 0.25) is 0 Å². The first-order valence-electron chi connectivity index (χ1n) is 4.32. The summed E-state index contributed by atoms with van der Waals surface area (Å²) < 4.78 is 5.06. The van der Waals surface area contributed by atoms with E-state index in [1.54, 1.807) is 19.1 Å². The zero-order chi connectivity index (χ0) is 11.4. The van der Waals surface area contributed by atoms with E-state index in [0.29, 0.717) is 16.9 Å². The zero-order valence-corrected chi connectivity index (χ0v) is 10.1. The molecule has 1 aromatic rings. The maximum Gasteiger partial charge on any atom is 0.173 e. The van der Waals surface area contributed by atoms with Gasteiger partial charge in [0.25, 0.3) is 0 Å². The maximum atomic E-state index is 11.4. The van der Waals surface area contributed by atoms with Gasteiger partial charge in [-0.2, -0.15) is 5.26 Å². The Bertz CT molecular complexity index is 435. The topological polar surface area (TPSA) is 50.1 Å². The maximum absolute atomic E-state index is 11.4. The summed E-state index contributed by atoms with van der Waals surface area (Å²) in [6.45, 7) is 1.78. The third-order valence-electron chi connectivity index (χ3n) is 2.07. The molecule has 1 aromatic carbocycles. The van der Waals surface area contributed by atoms with E-state index in [1.165, 1.54) is 7.11 Å². The lowest BCUT2D eigenvalue weighted by atomic mass is 10.0. The quantitative estimate of drug-likeness (QED) is 0.625. The number of alkyl halides is 1. The SMILES string of the molecule is COc1cc(C(=O)CBr)cc(C)c1C#N. The number of nitriles is 1. The molecule has 0 radical (unpaired) electrons. The van der Waals surface area contributed by atoms with Crippen molar-refractivity contribution in [1.82, 2.24) is 0 Å². The van der Waals surface area contributed by atoms with Gasteiger partial charge in [-0.3, -0.25) is 4.79 Å². The number of aryl methyl sites for hydroxylation is 1. The van der Waals surface area contributed by atoms with Gasteiger partial charge in [-0.1, -0.05) is 15.9 Å². The molecule has 0 aliphatic rings. The molecule has 3 nitrogen and oxygen atoms in total. The van der Waals surface area contributed by atoms with Crippen LogP contribution in [-0.2, 0) is 0 Å². The van der Waals surface area contributed by atoms with Crippen molar-refractivity contribution >= 4 is 21.7 Å². The number of hydrogen-bond acceptors (Lipinski definition) is 3. The molecule has 0 aliphatic heterocycles. The van der Waals surface area contributed by atoms with Gasteiger partial charge in [-0.15, -0.1) is 0 Å². The van der Waals surface area contributed by atoms with Gasteiger partial charge in [-0.05, 0) is 24.6 Å². The molecular formula is C11H10BrNO2. The molecule has 0 bridgehead atoms. The molecule has 0 unspecified atom stereocenters. The van der Waals surface area contributed by atoms with Crippen LogP contribution in [0, 0.1) is 18.3 Å². The summed E-state index contributed by atoms with van der Waals surface area (Å²) in [5, 5.41) is 9.16. The van der Waals surface area contributed by atoms with Gasteiger partial charge in [-0.25, -0.2) is 0 Å². The smallest absolute Gasteiger partial charge is 0.173 e. The molecule has 0 fully saturated rings. The van der Waals surface area contributed by atoms with Crippen LogP contribution in [0.15, 0.2) is 12.1 Å². The third-order valence-corrected chi connectivity index (χ3v) is 2.58. The van der Waals surface area contributed by atoms with Crippen molar-refractivity contribution in [3.05, 3.63) is 28.8 Å². The van der Waals surface area contributed by atoms with Gasteiger partial charge in [0, 0.05) is 5.56 Å². The van der Waals surface area contributed by atoms with E-state index in [1.807, 2.05) is 0 Å². The number of benzene rings is 1. The van der Waals surface area contributed by atoms with Crippen LogP contribution >= 0.6 is 15.9 Å². The van der Waals surface area contributed by atoms with E-state index in [2.05, 4.69) is 22.0 Å². The lowest BCUT2D eigenvalue weighted by Crippen LogP contribution is -2.02. The standard InChI is InChI=1S/C11H10BrNO2/c1-7-3-8(10(14)5-12)4-11(15-2)9(7)6-13/h3-4H,5H2,1-2H3. The molecule has 0 amide bonds. The molecule has 0 N–H and O–H groups in total. The minimum Gasteiger partial charge on any atom is -0.495 e. The minimum atomic E-state index is -0.0270. The Morgan fingerprint density at radius 2 is 2.27 bits per heavy atom. The summed E-state index contributed by atoms with van der Waals surface area (Å²) >= 11 is 3.10.